The number of nitrogens with one attached hydrogen (secondary N) is 2. The lowest BCUT2D eigenvalue weighted by atomic mass is 9.87. The third-order valence-electron chi connectivity index (χ3n) is 6.18. The van der Waals surface area contributed by atoms with E-state index in [1.54, 1.807) is 6.33 Å². The first-order valence-electron chi connectivity index (χ1n) is 10.9. The molecule has 9 heteroatoms. The smallest absolute Gasteiger partial charge is 0.240 e. The molecule has 1 aromatic carbocycles. The number of fused-ring (bicyclic) bond motifs is 1. The Morgan fingerprint density at radius 1 is 1.25 bits per heavy atom. The zero-order chi connectivity index (χ0) is 22.7. The maximum atomic E-state index is 13.3. The Kier molecular flexibility index (Phi) is 6.64. The predicted molar refractivity (Wildman–Crippen MR) is 128 cm³/mol. The van der Waals surface area contributed by atoms with Crippen LogP contribution in [-0.4, -0.2) is 65.0 Å². The number of halogens is 1. The van der Waals surface area contributed by atoms with Gasteiger partial charge in [0.1, 0.15) is 17.8 Å². The Balaban J connectivity index is 1.44. The molecule has 2 aromatic heterocycles. The molecule has 0 saturated carbocycles. The van der Waals surface area contributed by atoms with Crippen molar-refractivity contribution in [1.82, 2.24) is 25.2 Å². The second-order valence-electron chi connectivity index (χ2n) is 8.75. The number of hydrogen-bond donors (Lipinski definition) is 3. The van der Waals surface area contributed by atoms with E-state index < -0.39 is 5.54 Å². The molecule has 1 aliphatic heterocycles. The van der Waals surface area contributed by atoms with Crippen LogP contribution in [0.3, 0.4) is 0 Å². The van der Waals surface area contributed by atoms with Crippen molar-refractivity contribution in [3.05, 3.63) is 53.4 Å². The molecule has 0 spiro atoms. The number of carbonyl (C=O) groups excluding carboxylic acids is 1. The fraction of sp³-hybridized carbons (Fsp3) is 0.435. The minimum Gasteiger partial charge on any atom is -0.356 e. The SMILES string of the molecule is CN(C)CCC(NC(=O)C1(N)CCN(c2ncnc3[nH]ccc23)CC1)c1ccc(Cl)cc1. The average Bonchev–Trinajstić information content (AvgIpc) is 3.27. The van der Waals surface area contributed by atoms with Gasteiger partial charge in [-0.3, -0.25) is 4.79 Å². The first-order valence-corrected chi connectivity index (χ1v) is 11.3. The summed E-state index contributed by atoms with van der Waals surface area (Å²) in [5, 5.41) is 4.87. The lowest BCUT2D eigenvalue weighted by Crippen LogP contribution is -2.60. The number of benzene rings is 1. The Morgan fingerprint density at radius 2 is 1.97 bits per heavy atom. The largest absolute Gasteiger partial charge is 0.356 e. The van der Waals surface area contributed by atoms with E-state index in [2.05, 4.69) is 30.1 Å². The fourth-order valence-corrected chi connectivity index (χ4v) is 4.29. The van der Waals surface area contributed by atoms with E-state index >= 15 is 0 Å². The molecule has 32 heavy (non-hydrogen) atoms. The summed E-state index contributed by atoms with van der Waals surface area (Å²) in [5.41, 5.74) is 7.56. The predicted octanol–water partition coefficient (Wildman–Crippen LogP) is 2.72. The third-order valence-corrected chi connectivity index (χ3v) is 6.44. The lowest BCUT2D eigenvalue weighted by Gasteiger charge is -2.39. The van der Waals surface area contributed by atoms with E-state index in [9.17, 15) is 4.79 Å². The summed E-state index contributed by atoms with van der Waals surface area (Å²) in [4.78, 5) is 29.4. The highest BCUT2D eigenvalue weighted by Gasteiger charge is 2.39. The number of aromatic amines is 1. The molecule has 1 amide bonds. The summed E-state index contributed by atoms with van der Waals surface area (Å²) in [5.74, 6) is 0.772. The quantitative estimate of drug-likeness (QED) is 0.506. The summed E-state index contributed by atoms with van der Waals surface area (Å²) in [6.45, 7) is 2.16. The van der Waals surface area contributed by atoms with Gasteiger partial charge in [-0.05, 0) is 63.7 Å². The van der Waals surface area contributed by atoms with Gasteiger partial charge in [-0.15, -0.1) is 0 Å². The number of H-pyrrole nitrogens is 1. The van der Waals surface area contributed by atoms with E-state index in [-0.39, 0.29) is 11.9 Å². The van der Waals surface area contributed by atoms with Gasteiger partial charge in [0.25, 0.3) is 0 Å². The fourth-order valence-electron chi connectivity index (χ4n) is 4.16. The highest BCUT2D eigenvalue weighted by atomic mass is 35.5. The number of piperidine rings is 1. The molecule has 0 bridgehead atoms. The first-order chi connectivity index (χ1) is 15.4. The van der Waals surface area contributed by atoms with Gasteiger partial charge in [0.05, 0.1) is 17.0 Å². The summed E-state index contributed by atoms with van der Waals surface area (Å²) in [6.07, 6.45) is 5.31. The van der Waals surface area contributed by atoms with Gasteiger partial charge < -0.3 is 25.8 Å². The van der Waals surface area contributed by atoms with E-state index in [1.165, 1.54) is 0 Å². The number of nitrogens with two attached hydrogens (primary N) is 1. The van der Waals surface area contributed by atoms with Crippen molar-refractivity contribution in [3.8, 4) is 0 Å². The summed E-state index contributed by atoms with van der Waals surface area (Å²) in [6, 6.07) is 9.49. The zero-order valence-electron chi connectivity index (χ0n) is 18.5. The molecule has 170 valence electrons. The molecule has 1 unspecified atom stereocenters. The van der Waals surface area contributed by atoms with Crippen molar-refractivity contribution in [1.29, 1.82) is 0 Å². The molecule has 4 N–H and O–H groups in total. The van der Waals surface area contributed by atoms with Crippen LogP contribution in [0.2, 0.25) is 5.02 Å². The minimum absolute atomic E-state index is 0.106. The molecule has 0 aliphatic carbocycles. The van der Waals surface area contributed by atoms with Crippen molar-refractivity contribution in [2.24, 2.45) is 5.73 Å². The van der Waals surface area contributed by atoms with Gasteiger partial charge in [-0.1, -0.05) is 23.7 Å². The molecule has 8 nitrogen and oxygen atoms in total. The summed E-state index contributed by atoms with van der Waals surface area (Å²) >= 11 is 6.06. The number of hydrogen-bond acceptors (Lipinski definition) is 6. The van der Waals surface area contributed by atoms with Gasteiger partial charge in [0.15, 0.2) is 0 Å². The molecule has 1 saturated heterocycles. The van der Waals surface area contributed by atoms with Crippen molar-refractivity contribution in [2.75, 3.05) is 38.6 Å². The van der Waals surface area contributed by atoms with Crippen LogP contribution in [0.1, 0.15) is 30.9 Å². The van der Waals surface area contributed by atoms with E-state index in [4.69, 9.17) is 17.3 Å². The van der Waals surface area contributed by atoms with Gasteiger partial charge in [0, 0.05) is 24.3 Å². The van der Waals surface area contributed by atoms with Crippen LogP contribution in [0.15, 0.2) is 42.9 Å². The Bertz CT molecular complexity index is 1060. The topological polar surface area (TPSA) is 103 Å². The van der Waals surface area contributed by atoms with Crippen LogP contribution in [0.25, 0.3) is 11.0 Å². The van der Waals surface area contributed by atoms with Crippen LogP contribution in [-0.2, 0) is 4.79 Å². The highest BCUT2D eigenvalue weighted by molar-refractivity contribution is 6.30. The Labute approximate surface area is 193 Å². The van der Waals surface area contributed by atoms with Gasteiger partial charge >= 0.3 is 0 Å². The monoisotopic (exact) mass is 455 g/mol. The van der Waals surface area contributed by atoms with Gasteiger partial charge in [-0.2, -0.15) is 0 Å². The number of amides is 1. The van der Waals surface area contributed by atoms with Crippen molar-refractivity contribution < 1.29 is 4.79 Å². The number of nitrogens with zero attached hydrogens (tertiary/aromatic N) is 4. The maximum absolute atomic E-state index is 13.3. The molecule has 4 rings (SSSR count). The van der Waals surface area contributed by atoms with E-state index in [1.807, 2.05) is 50.6 Å². The number of rotatable bonds is 7. The molecular formula is C23H30ClN7O. The van der Waals surface area contributed by atoms with Crippen LogP contribution >= 0.6 is 11.6 Å². The molecule has 1 fully saturated rings. The Hall–Kier alpha value is -2.68. The highest BCUT2D eigenvalue weighted by Crippen LogP contribution is 2.29. The van der Waals surface area contributed by atoms with Crippen molar-refractivity contribution in [2.45, 2.75) is 30.8 Å². The number of aromatic nitrogens is 3. The molecule has 3 aromatic rings. The zero-order valence-corrected chi connectivity index (χ0v) is 19.3. The van der Waals surface area contributed by atoms with Crippen molar-refractivity contribution >= 4 is 34.4 Å². The normalized spacial score (nSPS) is 17.0. The first kappa shape index (κ1) is 22.5. The second kappa shape index (κ2) is 9.44. The van der Waals surface area contributed by atoms with E-state index in [0.717, 1.165) is 35.4 Å². The second-order valence-corrected chi connectivity index (χ2v) is 9.19. The average molecular weight is 456 g/mol. The summed E-state index contributed by atoms with van der Waals surface area (Å²) < 4.78 is 0. The van der Waals surface area contributed by atoms with E-state index in [0.29, 0.717) is 31.0 Å². The molecular weight excluding hydrogens is 426 g/mol. The standard InChI is InChI=1S/C23H30ClN7O/c1-30(2)12-8-19(16-3-5-17(24)6-4-16)29-22(32)23(25)9-13-31(14-10-23)21-18-7-11-26-20(18)27-15-28-21/h3-7,11,15,19H,8-10,12-14,25H2,1-2H3,(H,29,32)(H,26,27,28). The third kappa shape index (κ3) is 4.87. The van der Waals surface area contributed by atoms with Crippen LogP contribution in [0, 0.1) is 0 Å². The van der Waals surface area contributed by atoms with Crippen LogP contribution in [0.5, 0.6) is 0 Å². The molecule has 1 aliphatic rings. The Morgan fingerprint density at radius 3 is 2.66 bits per heavy atom. The molecule has 0 radical (unpaired) electrons. The summed E-state index contributed by atoms with van der Waals surface area (Å²) in [7, 11) is 4.05. The molecule has 1 atom stereocenters. The molecule has 3 heterocycles. The van der Waals surface area contributed by atoms with Gasteiger partial charge in [0.2, 0.25) is 5.91 Å². The number of anilines is 1. The van der Waals surface area contributed by atoms with Gasteiger partial charge in [-0.25, -0.2) is 9.97 Å². The minimum atomic E-state index is -0.913. The lowest BCUT2D eigenvalue weighted by molar-refractivity contribution is -0.128. The van der Waals surface area contributed by atoms with Crippen LogP contribution < -0.4 is 16.0 Å². The maximum Gasteiger partial charge on any atom is 0.240 e. The van der Waals surface area contributed by atoms with Crippen molar-refractivity contribution in [3.63, 3.8) is 0 Å². The van der Waals surface area contributed by atoms with Crippen LogP contribution in [0.4, 0.5) is 5.82 Å². The number of carbonyl (C=O) groups is 1.